The average molecular weight is 264 g/mol. The van der Waals surface area contributed by atoms with E-state index in [-0.39, 0.29) is 11.3 Å². The maximum absolute atomic E-state index is 11.8. The van der Waals surface area contributed by atoms with Crippen molar-refractivity contribution in [3.05, 3.63) is 24.2 Å². The van der Waals surface area contributed by atoms with Crippen molar-refractivity contribution in [3.63, 3.8) is 0 Å². The summed E-state index contributed by atoms with van der Waals surface area (Å²) in [6.45, 7) is 6.29. The number of hydrogen-bond acceptors (Lipinski definition) is 3. The third-order valence-electron chi connectivity index (χ3n) is 4.01. The Kier molecular flexibility index (Phi) is 4.64. The van der Waals surface area contributed by atoms with Gasteiger partial charge in [-0.25, -0.2) is 0 Å². The first-order valence-electron chi connectivity index (χ1n) is 7.10. The summed E-state index contributed by atoms with van der Waals surface area (Å²) in [6.07, 6.45) is 5.23. The normalized spacial score (nSPS) is 22.1. The molecule has 19 heavy (non-hydrogen) atoms. The van der Waals surface area contributed by atoms with Gasteiger partial charge in [0.1, 0.15) is 5.76 Å². The summed E-state index contributed by atoms with van der Waals surface area (Å²) < 4.78 is 5.22. The quantitative estimate of drug-likeness (QED) is 0.856. The van der Waals surface area contributed by atoms with Crippen molar-refractivity contribution >= 4 is 5.91 Å². The second-order valence-electron chi connectivity index (χ2n) is 5.98. The van der Waals surface area contributed by atoms with Crippen LogP contribution in [-0.2, 0) is 11.2 Å². The van der Waals surface area contributed by atoms with Crippen molar-refractivity contribution in [2.45, 2.75) is 45.6 Å². The SMILES string of the molecule is CC1(C)CCCNC1CNC(=O)CCc1ccco1. The third-order valence-corrected chi connectivity index (χ3v) is 4.01. The van der Waals surface area contributed by atoms with E-state index in [2.05, 4.69) is 24.5 Å². The molecule has 0 aliphatic carbocycles. The highest BCUT2D eigenvalue weighted by atomic mass is 16.3. The van der Waals surface area contributed by atoms with Crippen LogP contribution < -0.4 is 10.6 Å². The number of aryl methyl sites for hydroxylation is 1. The Bertz CT molecular complexity index is 398. The number of nitrogens with one attached hydrogen (secondary N) is 2. The predicted octanol–water partition coefficient (Wildman–Crippen LogP) is 2.11. The summed E-state index contributed by atoms with van der Waals surface area (Å²) in [6, 6.07) is 4.12. The van der Waals surface area contributed by atoms with E-state index in [9.17, 15) is 4.79 Å². The first-order chi connectivity index (χ1) is 9.08. The molecule has 0 bridgehead atoms. The largest absolute Gasteiger partial charge is 0.469 e. The van der Waals surface area contributed by atoms with Gasteiger partial charge in [-0.15, -0.1) is 0 Å². The minimum absolute atomic E-state index is 0.0968. The van der Waals surface area contributed by atoms with E-state index in [4.69, 9.17) is 4.42 Å². The van der Waals surface area contributed by atoms with E-state index >= 15 is 0 Å². The lowest BCUT2D eigenvalue weighted by atomic mass is 9.77. The van der Waals surface area contributed by atoms with Crippen molar-refractivity contribution in [1.82, 2.24) is 10.6 Å². The number of hydrogen-bond donors (Lipinski definition) is 2. The molecule has 2 rings (SSSR count). The second kappa shape index (κ2) is 6.24. The van der Waals surface area contributed by atoms with Gasteiger partial charge in [0.15, 0.2) is 0 Å². The summed E-state index contributed by atoms with van der Waals surface area (Å²) in [5, 5.41) is 6.53. The smallest absolute Gasteiger partial charge is 0.220 e. The zero-order valence-electron chi connectivity index (χ0n) is 11.9. The molecule has 2 heterocycles. The number of rotatable bonds is 5. The van der Waals surface area contributed by atoms with Crippen LogP contribution in [0.15, 0.2) is 22.8 Å². The van der Waals surface area contributed by atoms with E-state index in [0.29, 0.717) is 25.4 Å². The standard InChI is InChI=1S/C15H24N2O2/c1-15(2)8-4-9-16-13(15)11-17-14(18)7-6-12-5-3-10-19-12/h3,5,10,13,16H,4,6-9,11H2,1-2H3,(H,17,18). The summed E-state index contributed by atoms with van der Waals surface area (Å²) in [7, 11) is 0. The lowest BCUT2D eigenvalue weighted by Gasteiger charge is -2.39. The predicted molar refractivity (Wildman–Crippen MR) is 74.8 cm³/mol. The number of furan rings is 1. The van der Waals surface area contributed by atoms with Crippen molar-refractivity contribution in [3.8, 4) is 0 Å². The lowest BCUT2D eigenvalue weighted by molar-refractivity contribution is -0.121. The van der Waals surface area contributed by atoms with Gasteiger partial charge in [-0.2, -0.15) is 0 Å². The van der Waals surface area contributed by atoms with Crippen LogP contribution in [0.5, 0.6) is 0 Å². The molecule has 1 saturated heterocycles. The van der Waals surface area contributed by atoms with Gasteiger partial charge in [0.25, 0.3) is 0 Å². The first kappa shape index (κ1) is 14.1. The van der Waals surface area contributed by atoms with Crippen LogP contribution in [0.4, 0.5) is 0 Å². The average Bonchev–Trinajstić information content (AvgIpc) is 2.87. The Morgan fingerprint density at radius 2 is 2.42 bits per heavy atom. The molecule has 1 fully saturated rings. The number of piperidine rings is 1. The molecule has 1 unspecified atom stereocenters. The van der Waals surface area contributed by atoms with Crippen LogP contribution in [0.3, 0.4) is 0 Å². The maximum Gasteiger partial charge on any atom is 0.220 e. The van der Waals surface area contributed by atoms with Crippen LogP contribution in [0.1, 0.15) is 38.9 Å². The summed E-state index contributed by atoms with van der Waals surface area (Å²) in [5.41, 5.74) is 0.256. The molecule has 4 heteroatoms. The second-order valence-corrected chi connectivity index (χ2v) is 5.98. The molecule has 0 spiro atoms. The van der Waals surface area contributed by atoms with Gasteiger partial charge in [0.2, 0.25) is 5.91 Å². The Labute approximate surface area is 114 Å². The number of amides is 1. The highest BCUT2D eigenvalue weighted by Crippen LogP contribution is 2.29. The monoisotopic (exact) mass is 264 g/mol. The van der Waals surface area contributed by atoms with Crippen LogP contribution in [0, 0.1) is 5.41 Å². The fourth-order valence-corrected chi connectivity index (χ4v) is 2.62. The molecule has 1 aromatic heterocycles. The van der Waals surface area contributed by atoms with Crippen LogP contribution in [0.25, 0.3) is 0 Å². The Balaban J connectivity index is 1.71. The van der Waals surface area contributed by atoms with Crippen LogP contribution in [0.2, 0.25) is 0 Å². The molecular formula is C15H24N2O2. The fraction of sp³-hybridized carbons (Fsp3) is 0.667. The topological polar surface area (TPSA) is 54.3 Å². The highest BCUT2D eigenvalue weighted by molar-refractivity contribution is 5.76. The lowest BCUT2D eigenvalue weighted by Crippen LogP contribution is -2.52. The zero-order chi connectivity index (χ0) is 13.7. The van der Waals surface area contributed by atoms with Crippen LogP contribution in [-0.4, -0.2) is 25.0 Å². The molecule has 0 saturated carbocycles. The van der Waals surface area contributed by atoms with E-state index in [0.717, 1.165) is 12.3 Å². The molecule has 1 aromatic rings. The first-order valence-corrected chi connectivity index (χ1v) is 7.10. The minimum atomic E-state index is 0.0968. The summed E-state index contributed by atoms with van der Waals surface area (Å²) >= 11 is 0. The molecule has 1 aliphatic rings. The Hall–Kier alpha value is -1.29. The summed E-state index contributed by atoms with van der Waals surface area (Å²) in [5.74, 6) is 0.964. The molecular weight excluding hydrogens is 240 g/mol. The Morgan fingerprint density at radius 3 is 3.11 bits per heavy atom. The van der Waals surface area contributed by atoms with Gasteiger partial charge in [-0.05, 0) is 36.9 Å². The van der Waals surface area contributed by atoms with Gasteiger partial charge >= 0.3 is 0 Å². The fourth-order valence-electron chi connectivity index (χ4n) is 2.62. The molecule has 1 amide bonds. The van der Waals surface area contributed by atoms with E-state index in [1.165, 1.54) is 12.8 Å². The van der Waals surface area contributed by atoms with Gasteiger partial charge in [0.05, 0.1) is 6.26 Å². The van der Waals surface area contributed by atoms with E-state index < -0.39 is 0 Å². The Morgan fingerprint density at radius 1 is 1.58 bits per heavy atom. The molecule has 4 nitrogen and oxygen atoms in total. The highest BCUT2D eigenvalue weighted by Gasteiger charge is 2.31. The zero-order valence-corrected chi connectivity index (χ0v) is 11.9. The molecule has 1 aliphatic heterocycles. The molecule has 0 aromatic carbocycles. The minimum Gasteiger partial charge on any atom is -0.469 e. The van der Waals surface area contributed by atoms with Crippen LogP contribution >= 0.6 is 0 Å². The van der Waals surface area contributed by atoms with Crippen molar-refractivity contribution in [2.24, 2.45) is 5.41 Å². The van der Waals surface area contributed by atoms with E-state index in [1.54, 1.807) is 6.26 Å². The maximum atomic E-state index is 11.8. The third kappa shape index (κ3) is 4.10. The van der Waals surface area contributed by atoms with E-state index in [1.807, 2.05) is 12.1 Å². The van der Waals surface area contributed by atoms with Gasteiger partial charge in [-0.3, -0.25) is 4.79 Å². The van der Waals surface area contributed by atoms with Gasteiger partial charge in [-0.1, -0.05) is 13.8 Å². The van der Waals surface area contributed by atoms with Crippen molar-refractivity contribution < 1.29 is 9.21 Å². The van der Waals surface area contributed by atoms with Crippen molar-refractivity contribution in [2.75, 3.05) is 13.1 Å². The van der Waals surface area contributed by atoms with Crippen molar-refractivity contribution in [1.29, 1.82) is 0 Å². The molecule has 1 atom stereocenters. The van der Waals surface area contributed by atoms with Gasteiger partial charge in [0, 0.05) is 25.4 Å². The number of carbonyl (C=O) groups is 1. The van der Waals surface area contributed by atoms with Gasteiger partial charge < -0.3 is 15.1 Å². The number of carbonyl (C=O) groups excluding carboxylic acids is 1. The molecule has 2 N–H and O–H groups in total. The molecule has 106 valence electrons. The summed E-state index contributed by atoms with van der Waals surface area (Å²) in [4.78, 5) is 11.8. The molecule has 0 radical (unpaired) electrons.